The molecule has 1 rings (SSSR count). The summed E-state index contributed by atoms with van der Waals surface area (Å²) in [4.78, 5) is 23.3. The number of methoxy groups -OCH3 is 1. The summed E-state index contributed by atoms with van der Waals surface area (Å²) in [6.07, 6.45) is 1.15. The number of nitrogens with one attached hydrogen (secondary N) is 1. The average molecular weight is 243 g/mol. The van der Waals surface area contributed by atoms with E-state index in [0.29, 0.717) is 19.4 Å². The number of hydrogen-bond donors (Lipinski definition) is 1. The highest BCUT2D eigenvalue weighted by atomic mass is 16.6. The zero-order chi connectivity index (χ0) is 13.1. The number of ether oxygens (including phenoxy) is 2. The molecule has 0 saturated carbocycles. The summed E-state index contributed by atoms with van der Waals surface area (Å²) < 4.78 is 9.99. The number of piperidine rings is 1. The standard InChI is InChI=1S/C12H21NO4/c1-12(2,3)17-11(15)9-7-8(5-6-13-9)10(14)16-4/h8-9,13H,5-7H2,1-4H3/t8-,9-/m0/s1. The lowest BCUT2D eigenvalue weighted by Crippen LogP contribution is -2.47. The molecule has 0 aromatic carbocycles. The summed E-state index contributed by atoms with van der Waals surface area (Å²) in [5.74, 6) is -0.759. The molecule has 0 spiro atoms. The van der Waals surface area contributed by atoms with Crippen LogP contribution in [0, 0.1) is 5.92 Å². The van der Waals surface area contributed by atoms with E-state index in [0.717, 1.165) is 0 Å². The topological polar surface area (TPSA) is 64.6 Å². The lowest BCUT2D eigenvalue weighted by Gasteiger charge is -2.30. The maximum atomic E-state index is 11.8. The van der Waals surface area contributed by atoms with Gasteiger partial charge < -0.3 is 14.8 Å². The minimum Gasteiger partial charge on any atom is -0.469 e. The van der Waals surface area contributed by atoms with E-state index in [4.69, 9.17) is 9.47 Å². The summed E-state index contributed by atoms with van der Waals surface area (Å²) in [5, 5.41) is 3.07. The van der Waals surface area contributed by atoms with E-state index < -0.39 is 11.6 Å². The quantitative estimate of drug-likeness (QED) is 0.729. The van der Waals surface area contributed by atoms with Gasteiger partial charge >= 0.3 is 11.9 Å². The molecule has 2 atom stereocenters. The van der Waals surface area contributed by atoms with Gasteiger partial charge in [0.25, 0.3) is 0 Å². The van der Waals surface area contributed by atoms with Crippen molar-refractivity contribution in [2.45, 2.75) is 45.3 Å². The first-order valence-corrected chi connectivity index (χ1v) is 5.87. The molecule has 1 heterocycles. The molecule has 98 valence electrons. The summed E-state index contributed by atoms with van der Waals surface area (Å²) in [6, 6.07) is -0.410. The zero-order valence-corrected chi connectivity index (χ0v) is 10.9. The summed E-state index contributed by atoms with van der Waals surface area (Å²) in [5.41, 5.74) is -0.503. The highest BCUT2D eigenvalue weighted by molar-refractivity contribution is 5.79. The third-order valence-electron chi connectivity index (χ3n) is 2.63. The first-order valence-electron chi connectivity index (χ1n) is 5.87. The van der Waals surface area contributed by atoms with Gasteiger partial charge in [-0.1, -0.05) is 0 Å². The second-order valence-electron chi connectivity index (χ2n) is 5.28. The fraction of sp³-hybridized carbons (Fsp3) is 0.833. The molecule has 17 heavy (non-hydrogen) atoms. The van der Waals surface area contributed by atoms with Crippen molar-refractivity contribution in [3.63, 3.8) is 0 Å². The van der Waals surface area contributed by atoms with Gasteiger partial charge in [0.1, 0.15) is 11.6 Å². The molecule has 0 aliphatic carbocycles. The fourth-order valence-corrected chi connectivity index (χ4v) is 1.85. The molecule has 1 fully saturated rings. The first kappa shape index (κ1) is 14.0. The predicted octanol–water partition coefficient (Wildman–Crippen LogP) is 0.869. The van der Waals surface area contributed by atoms with Crippen LogP contribution in [0.5, 0.6) is 0 Å². The van der Waals surface area contributed by atoms with Gasteiger partial charge in [0.2, 0.25) is 0 Å². The van der Waals surface area contributed by atoms with Crippen LogP contribution in [0.15, 0.2) is 0 Å². The Kier molecular flexibility index (Phi) is 4.51. The van der Waals surface area contributed by atoms with Crippen LogP contribution in [-0.2, 0) is 19.1 Å². The average Bonchev–Trinajstić information content (AvgIpc) is 2.26. The Labute approximate surface area is 102 Å². The Morgan fingerprint density at radius 2 is 1.88 bits per heavy atom. The van der Waals surface area contributed by atoms with Gasteiger partial charge in [0.15, 0.2) is 0 Å². The smallest absolute Gasteiger partial charge is 0.323 e. The summed E-state index contributed by atoms with van der Waals surface area (Å²) >= 11 is 0. The van der Waals surface area contributed by atoms with Gasteiger partial charge in [-0.25, -0.2) is 0 Å². The van der Waals surface area contributed by atoms with Crippen LogP contribution in [0.25, 0.3) is 0 Å². The monoisotopic (exact) mass is 243 g/mol. The SMILES string of the molecule is COC(=O)[C@H]1CCN[C@H](C(=O)OC(C)(C)C)C1. The van der Waals surface area contributed by atoms with E-state index in [1.54, 1.807) is 0 Å². The van der Waals surface area contributed by atoms with Crippen LogP contribution in [-0.4, -0.2) is 37.2 Å². The molecule has 0 radical (unpaired) electrons. The van der Waals surface area contributed by atoms with E-state index in [1.165, 1.54) is 7.11 Å². The molecule has 1 aliphatic heterocycles. The van der Waals surface area contributed by atoms with Gasteiger partial charge in [-0.3, -0.25) is 9.59 Å². The number of rotatable bonds is 2. The van der Waals surface area contributed by atoms with Crippen molar-refractivity contribution in [3.05, 3.63) is 0 Å². The number of carbonyl (C=O) groups is 2. The second-order valence-corrected chi connectivity index (χ2v) is 5.28. The van der Waals surface area contributed by atoms with E-state index in [-0.39, 0.29) is 17.9 Å². The lowest BCUT2D eigenvalue weighted by molar-refractivity contribution is -0.159. The Hall–Kier alpha value is -1.10. The largest absolute Gasteiger partial charge is 0.469 e. The minimum absolute atomic E-state index is 0.209. The highest BCUT2D eigenvalue weighted by Crippen LogP contribution is 2.20. The van der Waals surface area contributed by atoms with Crippen molar-refractivity contribution in [2.24, 2.45) is 5.92 Å². The predicted molar refractivity (Wildman–Crippen MR) is 62.4 cm³/mol. The molecule has 1 saturated heterocycles. The zero-order valence-electron chi connectivity index (χ0n) is 10.9. The third-order valence-corrected chi connectivity index (χ3v) is 2.63. The van der Waals surface area contributed by atoms with E-state index in [9.17, 15) is 9.59 Å². The number of esters is 2. The van der Waals surface area contributed by atoms with Crippen molar-refractivity contribution < 1.29 is 19.1 Å². The molecule has 0 bridgehead atoms. The van der Waals surface area contributed by atoms with Crippen LogP contribution < -0.4 is 5.32 Å². The van der Waals surface area contributed by atoms with Crippen molar-refractivity contribution in [1.82, 2.24) is 5.32 Å². The molecule has 5 heteroatoms. The molecule has 1 aliphatic rings. The van der Waals surface area contributed by atoms with Crippen molar-refractivity contribution in [2.75, 3.05) is 13.7 Å². The van der Waals surface area contributed by atoms with Crippen LogP contribution >= 0.6 is 0 Å². The van der Waals surface area contributed by atoms with Gasteiger partial charge in [0, 0.05) is 0 Å². The Balaban J connectivity index is 2.55. The molecular weight excluding hydrogens is 222 g/mol. The van der Waals surface area contributed by atoms with Gasteiger partial charge in [-0.15, -0.1) is 0 Å². The number of carbonyl (C=O) groups excluding carboxylic acids is 2. The maximum Gasteiger partial charge on any atom is 0.323 e. The number of hydrogen-bond acceptors (Lipinski definition) is 5. The molecule has 1 N–H and O–H groups in total. The van der Waals surface area contributed by atoms with Gasteiger partial charge in [0.05, 0.1) is 13.0 Å². The molecule has 0 unspecified atom stereocenters. The normalized spacial score (nSPS) is 25.2. The van der Waals surface area contributed by atoms with E-state index in [2.05, 4.69) is 5.32 Å². The third kappa shape index (κ3) is 4.34. The van der Waals surface area contributed by atoms with Crippen molar-refractivity contribution in [1.29, 1.82) is 0 Å². The highest BCUT2D eigenvalue weighted by Gasteiger charge is 2.33. The van der Waals surface area contributed by atoms with Crippen LogP contribution in [0.2, 0.25) is 0 Å². The van der Waals surface area contributed by atoms with Crippen LogP contribution in [0.3, 0.4) is 0 Å². The first-order chi connectivity index (χ1) is 7.83. The van der Waals surface area contributed by atoms with Crippen molar-refractivity contribution in [3.8, 4) is 0 Å². The van der Waals surface area contributed by atoms with Crippen LogP contribution in [0.4, 0.5) is 0 Å². The molecule has 0 aromatic rings. The van der Waals surface area contributed by atoms with Crippen LogP contribution in [0.1, 0.15) is 33.6 Å². The Bertz CT molecular complexity index is 295. The molecule has 0 aromatic heterocycles. The Morgan fingerprint density at radius 1 is 1.24 bits per heavy atom. The summed E-state index contributed by atoms with van der Waals surface area (Å²) in [7, 11) is 1.37. The molecular formula is C12H21NO4. The van der Waals surface area contributed by atoms with E-state index >= 15 is 0 Å². The second kappa shape index (κ2) is 5.49. The molecule has 0 amide bonds. The van der Waals surface area contributed by atoms with Gasteiger partial charge in [-0.2, -0.15) is 0 Å². The summed E-state index contributed by atoms with van der Waals surface area (Å²) in [6.45, 7) is 6.10. The lowest BCUT2D eigenvalue weighted by atomic mass is 9.92. The Morgan fingerprint density at radius 3 is 2.41 bits per heavy atom. The molecule has 5 nitrogen and oxygen atoms in total. The van der Waals surface area contributed by atoms with Crippen molar-refractivity contribution >= 4 is 11.9 Å². The minimum atomic E-state index is -0.503. The fourth-order valence-electron chi connectivity index (χ4n) is 1.85. The van der Waals surface area contributed by atoms with E-state index in [1.807, 2.05) is 20.8 Å². The van der Waals surface area contributed by atoms with Gasteiger partial charge in [-0.05, 0) is 40.2 Å². The maximum absolute atomic E-state index is 11.8.